The van der Waals surface area contributed by atoms with E-state index in [1.54, 1.807) is 12.1 Å². The fourth-order valence-electron chi connectivity index (χ4n) is 3.78. The number of aliphatic hydroxyl groups is 3. The van der Waals surface area contributed by atoms with Crippen molar-refractivity contribution in [2.45, 2.75) is 49.6 Å². The van der Waals surface area contributed by atoms with Gasteiger partial charge in [0.1, 0.15) is 35.0 Å². The molecule has 4 atom stereocenters. The Balaban J connectivity index is 1.83. The first-order valence-electron chi connectivity index (χ1n) is 9.86. The Hall–Kier alpha value is -3.34. The van der Waals surface area contributed by atoms with Gasteiger partial charge < -0.3 is 40.5 Å². The highest BCUT2D eigenvalue weighted by molar-refractivity contribution is 5.94. The highest BCUT2D eigenvalue weighted by Crippen LogP contribution is 2.34. The van der Waals surface area contributed by atoms with Gasteiger partial charge in [0.25, 0.3) is 0 Å². The van der Waals surface area contributed by atoms with Gasteiger partial charge in [-0.1, -0.05) is 12.1 Å². The topological polar surface area (TPSA) is 185 Å². The van der Waals surface area contributed by atoms with Crippen LogP contribution in [0.1, 0.15) is 34.3 Å². The molecule has 0 unspecified atom stereocenters. The SMILES string of the molecule is O=C(O[C@@H]1C[C@](O)(C(=O)O)C[C@@H](O)[C@H]1O)c1c(O)cc(O)cc1CCc1ccc(O)cc1. The number of ether oxygens (including phenoxy) is 1. The Morgan fingerprint density at radius 2 is 1.62 bits per heavy atom. The number of benzene rings is 2. The number of carboxylic acids is 1. The van der Waals surface area contributed by atoms with Gasteiger partial charge in [-0.05, 0) is 42.2 Å². The van der Waals surface area contributed by atoms with Gasteiger partial charge in [-0.25, -0.2) is 9.59 Å². The normalized spacial score (nSPS) is 25.3. The zero-order chi connectivity index (χ0) is 23.6. The number of carbonyl (C=O) groups excluding carboxylic acids is 1. The molecule has 7 N–H and O–H groups in total. The molecule has 2 aromatic carbocycles. The molecule has 1 aliphatic rings. The maximum Gasteiger partial charge on any atom is 0.342 e. The van der Waals surface area contributed by atoms with E-state index in [1.165, 1.54) is 18.2 Å². The summed E-state index contributed by atoms with van der Waals surface area (Å²) in [7, 11) is 0. The van der Waals surface area contributed by atoms with E-state index in [0.29, 0.717) is 6.42 Å². The van der Waals surface area contributed by atoms with Crippen LogP contribution in [0.15, 0.2) is 36.4 Å². The molecule has 0 aromatic heterocycles. The van der Waals surface area contributed by atoms with Crippen molar-refractivity contribution >= 4 is 11.9 Å². The van der Waals surface area contributed by atoms with E-state index < -0.39 is 54.4 Å². The maximum atomic E-state index is 12.8. The Bertz CT molecular complexity index is 1000. The molecule has 0 aliphatic heterocycles. The molecule has 0 saturated heterocycles. The van der Waals surface area contributed by atoms with Crippen LogP contribution in [-0.2, 0) is 22.4 Å². The second-order valence-corrected chi connectivity index (χ2v) is 7.91. The molecule has 2 aromatic rings. The van der Waals surface area contributed by atoms with Crippen molar-refractivity contribution in [3.63, 3.8) is 0 Å². The van der Waals surface area contributed by atoms with Gasteiger partial charge in [-0.3, -0.25) is 0 Å². The van der Waals surface area contributed by atoms with E-state index in [2.05, 4.69) is 0 Å². The summed E-state index contributed by atoms with van der Waals surface area (Å²) in [5.74, 6) is -3.55. The van der Waals surface area contributed by atoms with Crippen molar-refractivity contribution < 1.29 is 50.1 Å². The first-order chi connectivity index (χ1) is 15.0. The largest absolute Gasteiger partial charge is 0.508 e. The standard InChI is InChI=1S/C22H24O10/c23-13-5-2-11(3-6-13)1-4-12-7-14(24)8-15(25)18(12)20(28)32-17-10-22(31,21(29)30)9-16(26)19(17)27/h2-3,5-8,16-17,19,23-27,31H,1,4,9-10H2,(H,29,30)/t16-,17-,19-,22+/m1/s1. The third kappa shape index (κ3) is 4.93. The number of carboxylic acid groups (broad SMARTS) is 1. The minimum absolute atomic E-state index is 0.0857. The Kier molecular flexibility index (Phi) is 6.58. The lowest BCUT2D eigenvalue weighted by molar-refractivity contribution is -0.187. The molecule has 10 nitrogen and oxygen atoms in total. The van der Waals surface area contributed by atoms with Gasteiger partial charge in [0, 0.05) is 18.9 Å². The van der Waals surface area contributed by atoms with Crippen molar-refractivity contribution in [2.75, 3.05) is 0 Å². The van der Waals surface area contributed by atoms with E-state index >= 15 is 0 Å². The molecule has 0 spiro atoms. The number of hydrogen-bond donors (Lipinski definition) is 7. The molecule has 0 heterocycles. The number of carbonyl (C=O) groups is 2. The van der Waals surface area contributed by atoms with Crippen LogP contribution in [0.5, 0.6) is 17.2 Å². The van der Waals surface area contributed by atoms with E-state index in [9.17, 15) is 45.3 Å². The molecular formula is C22H24O10. The average molecular weight is 448 g/mol. The van der Waals surface area contributed by atoms with Gasteiger partial charge in [0.2, 0.25) is 0 Å². The third-order valence-electron chi connectivity index (χ3n) is 5.52. The summed E-state index contributed by atoms with van der Waals surface area (Å²) in [6.07, 6.45) is -5.57. The first-order valence-corrected chi connectivity index (χ1v) is 9.86. The number of aryl methyl sites for hydroxylation is 2. The first kappa shape index (κ1) is 23.3. The van der Waals surface area contributed by atoms with Crippen LogP contribution in [0.3, 0.4) is 0 Å². The maximum absolute atomic E-state index is 12.8. The van der Waals surface area contributed by atoms with E-state index in [0.717, 1.165) is 11.6 Å². The van der Waals surface area contributed by atoms with Crippen LogP contribution >= 0.6 is 0 Å². The van der Waals surface area contributed by atoms with E-state index in [-0.39, 0.29) is 29.0 Å². The van der Waals surface area contributed by atoms with Gasteiger partial charge in [-0.15, -0.1) is 0 Å². The Morgan fingerprint density at radius 3 is 2.25 bits per heavy atom. The highest BCUT2D eigenvalue weighted by atomic mass is 16.6. The number of esters is 1. The summed E-state index contributed by atoms with van der Waals surface area (Å²) >= 11 is 0. The molecule has 3 rings (SSSR count). The number of phenolic OH excluding ortho intramolecular Hbond substituents is 3. The fraction of sp³-hybridized carbons (Fsp3) is 0.364. The minimum Gasteiger partial charge on any atom is -0.508 e. The van der Waals surface area contributed by atoms with Gasteiger partial charge in [0.05, 0.1) is 6.10 Å². The minimum atomic E-state index is -2.40. The summed E-state index contributed by atoms with van der Waals surface area (Å²) in [6, 6.07) is 8.51. The average Bonchev–Trinajstić information content (AvgIpc) is 2.70. The summed E-state index contributed by atoms with van der Waals surface area (Å²) in [5, 5.41) is 69.0. The van der Waals surface area contributed by atoms with E-state index in [1.807, 2.05) is 0 Å². The van der Waals surface area contributed by atoms with Crippen molar-refractivity contribution in [2.24, 2.45) is 0 Å². The molecule has 10 heteroatoms. The number of aliphatic carboxylic acids is 1. The lowest BCUT2D eigenvalue weighted by Gasteiger charge is -2.39. The number of hydrogen-bond acceptors (Lipinski definition) is 9. The number of aliphatic hydroxyl groups excluding tert-OH is 2. The van der Waals surface area contributed by atoms with Crippen molar-refractivity contribution in [1.29, 1.82) is 0 Å². The van der Waals surface area contributed by atoms with Crippen molar-refractivity contribution in [3.05, 3.63) is 53.1 Å². The second kappa shape index (κ2) is 9.03. The molecule has 1 saturated carbocycles. The molecule has 172 valence electrons. The Morgan fingerprint density at radius 1 is 0.969 bits per heavy atom. The summed E-state index contributed by atoms with van der Waals surface area (Å²) in [4.78, 5) is 24.2. The fourth-order valence-corrected chi connectivity index (χ4v) is 3.78. The van der Waals surface area contributed by atoms with Crippen LogP contribution < -0.4 is 0 Å². The van der Waals surface area contributed by atoms with E-state index in [4.69, 9.17) is 4.74 Å². The number of aromatic hydroxyl groups is 3. The quantitative estimate of drug-likeness (QED) is 0.306. The summed E-state index contributed by atoms with van der Waals surface area (Å²) in [6.45, 7) is 0. The second-order valence-electron chi connectivity index (χ2n) is 7.91. The number of rotatable bonds is 6. The summed E-state index contributed by atoms with van der Waals surface area (Å²) < 4.78 is 5.19. The molecule has 32 heavy (non-hydrogen) atoms. The lowest BCUT2D eigenvalue weighted by atomic mass is 9.79. The summed E-state index contributed by atoms with van der Waals surface area (Å²) in [5.41, 5.74) is -1.67. The van der Waals surface area contributed by atoms with Crippen molar-refractivity contribution in [3.8, 4) is 17.2 Å². The predicted molar refractivity (Wildman–Crippen MR) is 108 cm³/mol. The van der Waals surface area contributed by atoms with Crippen LogP contribution in [0.4, 0.5) is 0 Å². The third-order valence-corrected chi connectivity index (χ3v) is 5.52. The predicted octanol–water partition coefficient (Wildman–Crippen LogP) is 0.445. The molecule has 1 aliphatic carbocycles. The van der Waals surface area contributed by atoms with Crippen LogP contribution in [0.25, 0.3) is 0 Å². The van der Waals surface area contributed by atoms with Gasteiger partial charge >= 0.3 is 11.9 Å². The van der Waals surface area contributed by atoms with Crippen LogP contribution in [0.2, 0.25) is 0 Å². The van der Waals surface area contributed by atoms with Crippen molar-refractivity contribution in [1.82, 2.24) is 0 Å². The zero-order valence-electron chi connectivity index (χ0n) is 16.9. The lowest BCUT2D eigenvalue weighted by Crippen LogP contribution is -2.57. The van der Waals surface area contributed by atoms with Gasteiger partial charge in [-0.2, -0.15) is 0 Å². The monoisotopic (exact) mass is 448 g/mol. The molecular weight excluding hydrogens is 424 g/mol. The number of phenols is 3. The molecule has 1 fully saturated rings. The highest BCUT2D eigenvalue weighted by Gasteiger charge is 2.50. The smallest absolute Gasteiger partial charge is 0.342 e. The van der Waals surface area contributed by atoms with Crippen LogP contribution in [0, 0.1) is 0 Å². The van der Waals surface area contributed by atoms with Gasteiger partial charge in [0.15, 0.2) is 5.60 Å². The molecule has 0 bridgehead atoms. The molecule has 0 radical (unpaired) electrons. The molecule has 0 amide bonds. The van der Waals surface area contributed by atoms with Crippen LogP contribution in [-0.4, -0.2) is 71.6 Å². The Labute approximate surface area is 182 Å². The zero-order valence-corrected chi connectivity index (χ0v) is 16.9.